The minimum absolute atomic E-state index is 0.0356. The van der Waals surface area contributed by atoms with Gasteiger partial charge in [-0.05, 0) is 19.9 Å². The van der Waals surface area contributed by atoms with Crippen LogP contribution in [0.3, 0.4) is 0 Å². The molecule has 0 aromatic heterocycles. The summed E-state index contributed by atoms with van der Waals surface area (Å²) < 4.78 is 0. The van der Waals surface area contributed by atoms with E-state index in [0.29, 0.717) is 44.8 Å². The van der Waals surface area contributed by atoms with E-state index >= 15 is 0 Å². The van der Waals surface area contributed by atoms with E-state index in [1.54, 1.807) is 24.0 Å². The highest BCUT2D eigenvalue weighted by atomic mass is 16.6. The number of benzene rings is 1. The van der Waals surface area contributed by atoms with Gasteiger partial charge in [0.2, 0.25) is 5.91 Å². The maximum Gasteiger partial charge on any atom is 0.285 e. The number of aryl methyl sites for hydroxylation is 1. The summed E-state index contributed by atoms with van der Waals surface area (Å²) in [5.74, 6) is -0.366. The van der Waals surface area contributed by atoms with Crippen LogP contribution in [0.15, 0.2) is 18.2 Å². The first kappa shape index (κ1) is 17.9. The van der Waals surface area contributed by atoms with Crippen molar-refractivity contribution >= 4 is 17.5 Å². The predicted octanol–water partition coefficient (Wildman–Crippen LogP) is 0.797. The van der Waals surface area contributed by atoms with Gasteiger partial charge >= 0.3 is 0 Å². The lowest BCUT2D eigenvalue weighted by molar-refractivity contribution is -0.385. The predicted molar refractivity (Wildman–Crippen MR) is 88.9 cm³/mol. The quantitative estimate of drug-likeness (QED) is 0.635. The van der Waals surface area contributed by atoms with E-state index in [4.69, 9.17) is 0 Å². The molecule has 1 aliphatic heterocycles. The maximum atomic E-state index is 12.6. The van der Waals surface area contributed by atoms with Gasteiger partial charge in [0.1, 0.15) is 5.56 Å². The van der Waals surface area contributed by atoms with Crippen molar-refractivity contribution in [3.63, 3.8) is 0 Å². The molecule has 0 saturated carbocycles. The van der Waals surface area contributed by atoms with Crippen molar-refractivity contribution in [1.82, 2.24) is 15.1 Å². The summed E-state index contributed by atoms with van der Waals surface area (Å²) >= 11 is 0. The Kier molecular flexibility index (Phi) is 5.86. The number of nitro benzene ring substituents is 1. The summed E-state index contributed by atoms with van der Waals surface area (Å²) in [4.78, 5) is 38.5. The summed E-state index contributed by atoms with van der Waals surface area (Å²) in [5, 5.41) is 14.0. The number of nitrogens with one attached hydrogen (secondary N) is 1. The van der Waals surface area contributed by atoms with Crippen LogP contribution < -0.4 is 5.32 Å². The van der Waals surface area contributed by atoms with Gasteiger partial charge in [-0.3, -0.25) is 24.6 Å². The molecule has 8 nitrogen and oxygen atoms in total. The number of nitro groups is 1. The van der Waals surface area contributed by atoms with Gasteiger partial charge in [-0.25, -0.2) is 0 Å². The molecule has 1 saturated heterocycles. The fourth-order valence-corrected chi connectivity index (χ4v) is 2.81. The standard InChI is InChI=1S/C16H22N4O4/c1-3-17-14(21)11-18-7-9-19(10-8-18)16(22)13-6-4-5-12(2)15(13)20(23)24/h4-6H,3,7-11H2,1-2H3,(H,17,21). The van der Waals surface area contributed by atoms with Crippen molar-refractivity contribution in [3.05, 3.63) is 39.4 Å². The molecule has 2 rings (SSSR count). The lowest BCUT2D eigenvalue weighted by Gasteiger charge is -2.34. The molecule has 0 bridgehead atoms. The van der Waals surface area contributed by atoms with E-state index in [2.05, 4.69) is 5.32 Å². The van der Waals surface area contributed by atoms with Crippen LogP contribution in [-0.4, -0.2) is 65.8 Å². The molecule has 1 aromatic rings. The molecule has 1 fully saturated rings. The van der Waals surface area contributed by atoms with Crippen molar-refractivity contribution in [1.29, 1.82) is 0 Å². The molecule has 1 aliphatic rings. The Hall–Kier alpha value is -2.48. The molecule has 1 N–H and O–H groups in total. The van der Waals surface area contributed by atoms with Crippen LogP contribution in [0.25, 0.3) is 0 Å². The number of likely N-dealkylation sites (N-methyl/N-ethyl adjacent to an activating group) is 1. The van der Waals surface area contributed by atoms with E-state index in [9.17, 15) is 19.7 Å². The van der Waals surface area contributed by atoms with Crippen LogP contribution in [-0.2, 0) is 4.79 Å². The topological polar surface area (TPSA) is 95.8 Å². The average molecular weight is 334 g/mol. The third-order valence-corrected chi connectivity index (χ3v) is 4.05. The van der Waals surface area contributed by atoms with Gasteiger partial charge in [0, 0.05) is 38.3 Å². The third kappa shape index (κ3) is 4.08. The molecule has 24 heavy (non-hydrogen) atoms. The molecular formula is C16H22N4O4. The first-order chi connectivity index (χ1) is 11.4. The molecule has 0 radical (unpaired) electrons. The van der Waals surface area contributed by atoms with Crippen molar-refractivity contribution in [2.75, 3.05) is 39.3 Å². The largest absolute Gasteiger partial charge is 0.355 e. The number of nitrogens with zero attached hydrogens (tertiary/aromatic N) is 3. The fourth-order valence-electron chi connectivity index (χ4n) is 2.81. The van der Waals surface area contributed by atoms with Crippen molar-refractivity contribution in [2.45, 2.75) is 13.8 Å². The number of rotatable bonds is 5. The molecule has 1 heterocycles. The zero-order valence-corrected chi connectivity index (χ0v) is 13.9. The third-order valence-electron chi connectivity index (χ3n) is 4.05. The first-order valence-electron chi connectivity index (χ1n) is 7.96. The Morgan fingerprint density at radius 3 is 2.50 bits per heavy atom. The van der Waals surface area contributed by atoms with Crippen molar-refractivity contribution in [3.8, 4) is 0 Å². The van der Waals surface area contributed by atoms with E-state index in [1.807, 2.05) is 11.8 Å². The number of amides is 2. The zero-order valence-electron chi connectivity index (χ0n) is 13.9. The number of piperazine rings is 1. The summed E-state index contributed by atoms with van der Waals surface area (Å²) in [6, 6.07) is 4.77. The number of carbonyl (C=O) groups is 2. The maximum absolute atomic E-state index is 12.6. The Morgan fingerprint density at radius 1 is 1.25 bits per heavy atom. The van der Waals surface area contributed by atoms with Crippen LogP contribution in [0.5, 0.6) is 0 Å². The first-order valence-corrected chi connectivity index (χ1v) is 7.96. The minimum Gasteiger partial charge on any atom is -0.355 e. The summed E-state index contributed by atoms with van der Waals surface area (Å²) in [5.41, 5.74) is 0.463. The highest BCUT2D eigenvalue weighted by Gasteiger charge is 2.28. The van der Waals surface area contributed by atoms with Gasteiger partial charge in [0.25, 0.3) is 11.6 Å². The average Bonchev–Trinajstić information content (AvgIpc) is 2.54. The van der Waals surface area contributed by atoms with Crippen LogP contribution in [0, 0.1) is 17.0 Å². The Bertz CT molecular complexity index is 639. The van der Waals surface area contributed by atoms with Gasteiger partial charge in [0.05, 0.1) is 11.5 Å². The molecule has 2 amide bonds. The van der Waals surface area contributed by atoms with Crippen molar-refractivity contribution in [2.24, 2.45) is 0 Å². The van der Waals surface area contributed by atoms with Gasteiger partial charge in [0.15, 0.2) is 0 Å². The Balaban J connectivity index is 2.02. The monoisotopic (exact) mass is 334 g/mol. The normalized spacial score (nSPS) is 15.2. The van der Waals surface area contributed by atoms with E-state index in [1.165, 1.54) is 6.07 Å². The molecule has 8 heteroatoms. The summed E-state index contributed by atoms with van der Waals surface area (Å²) in [7, 11) is 0. The molecule has 0 unspecified atom stereocenters. The summed E-state index contributed by atoms with van der Waals surface area (Å²) in [6.45, 7) is 6.43. The second-order valence-corrected chi connectivity index (χ2v) is 5.75. The molecule has 1 aromatic carbocycles. The lowest BCUT2D eigenvalue weighted by atomic mass is 10.1. The van der Waals surface area contributed by atoms with Crippen LogP contribution >= 0.6 is 0 Å². The van der Waals surface area contributed by atoms with Gasteiger partial charge in [-0.15, -0.1) is 0 Å². The lowest BCUT2D eigenvalue weighted by Crippen LogP contribution is -2.51. The van der Waals surface area contributed by atoms with E-state index in [0.717, 1.165) is 0 Å². The summed E-state index contributed by atoms with van der Waals surface area (Å²) in [6.07, 6.45) is 0. The Morgan fingerprint density at radius 2 is 1.92 bits per heavy atom. The smallest absolute Gasteiger partial charge is 0.285 e. The highest BCUT2D eigenvalue weighted by molar-refractivity contribution is 5.98. The molecule has 0 aliphatic carbocycles. The minimum atomic E-state index is -0.506. The molecule has 0 atom stereocenters. The number of hydrogen-bond donors (Lipinski definition) is 1. The second-order valence-electron chi connectivity index (χ2n) is 5.75. The van der Waals surface area contributed by atoms with Gasteiger partial charge in [-0.2, -0.15) is 0 Å². The molecule has 0 spiro atoms. The molecule has 130 valence electrons. The van der Waals surface area contributed by atoms with E-state index in [-0.39, 0.29) is 23.1 Å². The van der Waals surface area contributed by atoms with Crippen molar-refractivity contribution < 1.29 is 14.5 Å². The number of carbonyl (C=O) groups excluding carboxylic acids is 2. The fraction of sp³-hybridized carbons (Fsp3) is 0.500. The molecular weight excluding hydrogens is 312 g/mol. The van der Waals surface area contributed by atoms with E-state index < -0.39 is 4.92 Å². The SMILES string of the molecule is CCNC(=O)CN1CCN(C(=O)c2cccc(C)c2[N+](=O)[O-])CC1. The Labute approximate surface area is 140 Å². The van der Waals surface area contributed by atoms with Crippen LogP contribution in [0.2, 0.25) is 0 Å². The van der Waals surface area contributed by atoms with Crippen LogP contribution in [0.4, 0.5) is 5.69 Å². The number of hydrogen-bond acceptors (Lipinski definition) is 5. The van der Waals surface area contributed by atoms with Gasteiger partial charge < -0.3 is 10.2 Å². The highest BCUT2D eigenvalue weighted by Crippen LogP contribution is 2.24. The number of para-hydroxylation sites is 1. The van der Waals surface area contributed by atoms with Gasteiger partial charge in [-0.1, -0.05) is 12.1 Å². The zero-order chi connectivity index (χ0) is 17.7. The second kappa shape index (κ2) is 7.87. The van der Waals surface area contributed by atoms with Crippen LogP contribution in [0.1, 0.15) is 22.8 Å².